The molecule has 0 aromatic carbocycles. The predicted octanol–water partition coefficient (Wildman–Crippen LogP) is 20.0. The second-order valence-electron chi connectivity index (χ2n) is 19.7. The molecule has 0 bridgehead atoms. The highest BCUT2D eigenvalue weighted by atomic mass is 16.6. The normalized spacial score (nSPS) is 12.7. The number of aliphatic hydroxyl groups excluding tert-OH is 1. The topological polar surface area (TPSA) is 72.8 Å². The molecule has 0 aromatic rings. The number of esters is 2. The van der Waals surface area contributed by atoms with E-state index in [-0.39, 0.29) is 25.2 Å². The number of unbranched alkanes of at least 4 members (excludes halogenated alkanes) is 34. The number of ether oxygens (including phenoxy) is 2. The third-order valence-electron chi connectivity index (χ3n) is 13.0. The zero-order valence-corrected chi connectivity index (χ0v) is 45.1. The molecule has 0 aliphatic carbocycles. The molecular formula is C63H112O5. The number of carbonyl (C=O) groups excluding carboxylic acids is 2. The number of hydrogen-bond donors (Lipinski definition) is 1. The van der Waals surface area contributed by atoms with Crippen LogP contribution in [-0.4, -0.2) is 36.4 Å². The number of rotatable bonds is 54. The Bertz CT molecular complexity index is 1210. The van der Waals surface area contributed by atoms with E-state index >= 15 is 0 Å². The van der Waals surface area contributed by atoms with E-state index in [0.717, 1.165) is 70.6 Å². The van der Waals surface area contributed by atoms with E-state index in [4.69, 9.17) is 9.47 Å². The molecule has 5 nitrogen and oxygen atoms in total. The molecule has 0 rings (SSSR count). The van der Waals surface area contributed by atoms with Gasteiger partial charge in [-0.3, -0.25) is 9.59 Å². The van der Waals surface area contributed by atoms with Crippen LogP contribution in [0.3, 0.4) is 0 Å². The first-order chi connectivity index (χ1) is 33.6. The summed E-state index contributed by atoms with van der Waals surface area (Å²) in [6, 6.07) is 0. The van der Waals surface area contributed by atoms with Gasteiger partial charge in [-0.1, -0.05) is 273 Å². The quantitative estimate of drug-likeness (QED) is 0.0374. The minimum Gasteiger partial charge on any atom is -0.462 e. The van der Waals surface area contributed by atoms with Gasteiger partial charge in [0.25, 0.3) is 0 Å². The van der Waals surface area contributed by atoms with Crippen LogP contribution in [0.5, 0.6) is 0 Å². The molecule has 5 heteroatoms. The lowest BCUT2D eigenvalue weighted by Gasteiger charge is -2.15. The highest BCUT2D eigenvalue weighted by molar-refractivity contribution is 5.70. The Morgan fingerprint density at radius 3 is 0.971 bits per heavy atom. The van der Waals surface area contributed by atoms with Gasteiger partial charge in [0.15, 0.2) is 6.10 Å². The summed E-state index contributed by atoms with van der Waals surface area (Å²) < 4.78 is 10.7. The van der Waals surface area contributed by atoms with Crippen molar-refractivity contribution in [3.05, 3.63) is 72.9 Å². The second-order valence-corrected chi connectivity index (χ2v) is 19.7. The van der Waals surface area contributed by atoms with Crippen LogP contribution in [0.15, 0.2) is 72.9 Å². The first kappa shape index (κ1) is 65.3. The van der Waals surface area contributed by atoms with E-state index < -0.39 is 6.10 Å². The summed E-state index contributed by atoms with van der Waals surface area (Å²) in [6.07, 6.45) is 80.3. The van der Waals surface area contributed by atoms with E-state index in [1.165, 1.54) is 199 Å². The molecular weight excluding hydrogens is 837 g/mol. The van der Waals surface area contributed by atoms with Gasteiger partial charge in [-0.15, -0.1) is 0 Å². The van der Waals surface area contributed by atoms with E-state index in [1.807, 2.05) is 0 Å². The summed E-state index contributed by atoms with van der Waals surface area (Å²) in [5, 5.41) is 9.66. The molecule has 0 aliphatic rings. The van der Waals surface area contributed by atoms with Gasteiger partial charge in [0.05, 0.1) is 6.61 Å². The molecule has 0 spiro atoms. The average molecular weight is 950 g/mol. The van der Waals surface area contributed by atoms with Crippen LogP contribution in [0, 0.1) is 0 Å². The number of hydrogen-bond acceptors (Lipinski definition) is 5. The fraction of sp³-hybridized carbons (Fsp3) is 0.778. The molecule has 0 amide bonds. The minimum atomic E-state index is -0.775. The maximum atomic E-state index is 12.3. The van der Waals surface area contributed by atoms with Crippen molar-refractivity contribution in [1.82, 2.24) is 0 Å². The standard InChI is InChI=1S/C63H112O5/c1-3-5-7-9-11-13-15-17-19-21-23-25-27-28-29-30-31-32-33-34-36-38-40-42-44-46-48-50-52-54-56-58-63(66)68-61(59-64)60-67-62(65)57-55-53-51-49-47-45-43-41-39-37-35-26-24-22-20-18-16-14-12-10-8-6-4-2/h5,7,11,13,17,19,22-25,28-29,61,64H,3-4,6,8-10,12,14-16,18,20-21,26-27,30-60H2,1-2H3/b7-5-,13-11-,19-17-,24-22-,25-23-,29-28-. The third kappa shape index (κ3) is 55.9. The Labute approximate surface area is 423 Å². The Hall–Kier alpha value is -2.66. The minimum absolute atomic E-state index is 0.0654. The van der Waals surface area contributed by atoms with Crippen LogP contribution in [0.1, 0.15) is 296 Å². The lowest BCUT2D eigenvalue weighted by molar-refractivity contribution is -0.161. The summed E-state index contributed by atoms with van der Waals surface area (Å²) in [7, 11) is 0. The van der Waals surface area contributed by atoms with E-state index in [0.29, 0.717) is 12.8 Å². The Morgan fingerprint density at radius 2 is 0.632 bits per heavy atom. The van der Waals surface area contributed by atoms with Gasteiger partial charge in [-0.05, 0) is 83.5 Å². The first-order valence-electron chi connectivity index (χ1n) is 29.5. The Balaban J connectivity index is 3.47. The van der Waals surface area contributed by atoms with Crippen molar-refractivity contribution in [3.8, 4) is 0 Å². The molecule has 0 saturated heterocycles. The Kier molecular flexibility index (Phi) is 56.4. The van der Waals surface area contributed by atoms with Crippen LogP contribution in [0.2, 0.25) is 0 Å². The zero-order chi connectivity index (χ0) is 49.2. The van der Waals surface area contributed by atoms with Crippen molar-refractivity contribution < 1.29 is 24.2 Å². The van der Waals surface area contributed by atoms with Gasteiger partial charge in [0.1, 0.15) is 6.61 Å². The Morgan fingerprint density at radius 1 is 0.353 bits per heavy atom. The van der Waals surface area contributed by atoms with Crippen LogP contribution in [-0.2, 0) is 19.1 Å². The van der Waals surface area contributed by atoms with E-state index in [2.05, 4.69) is 86.8 Å². The zero-order valence-electron chi connectivity index (χ0n) is 45.1. The smallest absolute Gasteiger partial charge is 0.306 e. The lowest BCUT2D eigenvalue weighted by Crippen LogP contribution is -2.28. The van der Waals surface area contributed by atoms with E-state index in [1.54, 1.807) is 0 Å². The van der Waals surface area contributed by atoms with E-state index in [9.17, 15) is 14.7 Å². The van der Waals surface area contributed by atoms with Crippen LogP contribution in [0.4, 0.5) is 0 Å². The second kappa shape index (κ2) is 58.7. The maximum absolute atomic E-state index is 12.3. The van der Waals surface area contributed by atoms with Gasteiger partial charge in [0.2, 0.25) is 0 Å². The average Bonchev–Trinajstić information content (AvgIpc) is 3.34. The lowest BCUT2D eigenvalue weighted by atomic mass is 10.0. The molecule has 0 aromatic heterocycles. The fourth-order valence-corrected chi connectivity index (χ4v) is 8.58. The van der Waals surface area contributed by atoms with Crippen molar-refractivity contribution in [2.75, 3.05) is 13.2 Å². The van der Waals surface area contributed by atoms with Crippen molar-refractivity contribution in [2.24, 2.45) is 0 Å². The van der Waals surface area contributed by atoms with Gasteiger partial charge >= 0.3 is 11.9 Å². The van der Waals surface area contributed by atoms with Gasteiger partial charge in [0, 0.05) is 12.8 Å². The molecule has 1 atom stereocenters. The predicted molar refractivity (Wildman–Crippen MR) is 297 cm³/mol. The monoisotopic (exact) mass is 949 g/mol. The molecule has 0 heterocycles. The first-order valence-corrected chi connectivity index (χ1v) is 29.5. The van der Waals surface area contributed by atoms with Crippen molar-refractivity contribution in [2.45, 2.75) is 302 Å². The highest BCUT2D eigenvalue weighted by Gasteiger charge is 2.16. The molecule has 1 N–H and O–H groups in total. The van der Waals surface area contributed by atoms with Crippen LogP contribution < -0.4 is 0 Å². The third-order valence-corrected chi connectivity index (χ3v) is 13.0. The van der Waals surface area contributed by atoms with Crippen molar-refractivity contribution in [1.29, 1.82) is 0 Å². The molecule has 0 aliphatic heterocycles. The van der Waals surface area contributed by atoms with Crippen molar-refractivity contribution in [3.63, 3.8) is 0 Å². The molecule has 0 saturated carbocycles. The summed E-state index contributed by atoms with van der Waals surface area (Å²) in [4.78, 5) is 24.6. The van der Waals surface area contributed by atoms with Gasteiger partial charge in [-0.25, -0.2) is 0 Å². The molecule has 68 heavy (non-hydrogen) atoms. The summed E-state index contributed by atoms with van der Waals surface area (Å²) in [6.45, 7) is 4.06. The SMILES string of the molecule is CC/C=C\C/C=C\C/C=C\C/C=C\C/C=C\CCCCCCCCCCCCCCCCCC(=O)OC(CO)COC(=O)CCCCCCCCCCCCC/C=C\CCCCCCCCCC. The van der Waals surface area contributed by atoms with Gasteiger partial charge in [-0.2, -0.15) is 0 Å². The fourth-order valence-electron chi connectivity index (χ4n) is 8.58. The van der Waals surface area contributed by atoms with Crippen LogP contribution in [0.25, 0.3) is 0 Å². The molecule has 0 fully saturated rings. The molecule has 394 valence electrons. The molecule has 0 radical (unpaired) electrons. The summed E-state index contributed by atoms with van der Waals surface area (Å²) >= 11 is 0. The molecule has 1 unspecified atom stereocenters. The summed E-state index contributed by atoms with van der Waals surface area (Å²) in [5.41, 5.74) is 0. The number of aliphatic hydroxyl groups is 1. The highest BCUT2D eigenvalue weighted by Crippen LogP contribution is 2.17. The number of carbonyl (C=O) groups is 2. The van der Waals surface area contributed by atoms with Gasteiger partial charge < -0.3 is 14.6 Å². The maximum Gasteiger partial charge on any atom is 0.306 e. The largest absolute Gasteiger partial charge is 0.462 e. The number of allylic oxidation sites excluding steroid dienone is 12. The van der Waals surface area contributed by atoms with Crippen molar-refractivity contribution >= 4 is 11.9 Å². The summed E-state index contributed by atoms with van der Waals surface area (Å²) in [5.74, 6) is -0.581. The van der Waals surface area contributed by atoms with Crippen LogP contribution >= 0.6 is 0 Å².